The Morgan fingerprint density at radius 1 is 1.36 bits per heavy atom. The van der Waals surface area contributed by atoms with Crippen LogP contribution in [0.1, 0.15) is 5.69 Å². The van der Waals surface area contributed by atoms with E-state index in [-0.39, 0.29) is 37.6 Å². The number of rotatable bonds is 6. The van der Waals surface area contributed by atoms with Gasteiger partial charge in [-0.15, -0.1) is 11.8 Å². The highest BCUT2D eigenvalue weighted by Gasteiger charge is 2.54. The number of carbonyl (C=O) groups is 3. The Balaban J connectivity index is 1.54. The van der Waals surface area contributed by atoms with Crippen LogP contribution in [0.3, 0.4) is 0 Å². The van der Waals surface area contributed by atoms with E-state index in [0.29, 0.717) is 4.91 Å². The van der Waals surface area contributed by atoms with Crippen LogP contribution in [0.15, 0.2) is 33.2 Å². The summed E-state index contributed by atoms with van der Waals surface area (Å²) < 4.78 is 0.0329. The smallest absolute Gasteiger partial charge is 0.353 e. The van der Waals surface area contributed by atoms with E-state index in [1.807, 2.05) is 0 Å². The number of β-lactam (4-membered cyclic amide) rings is 1. The standard InChI is InChI=1S/C16H13ClN8O5S3/c17-10-6(23-15(19)33-10)7(24-30)11(26)22-8-12(27)25-9(14(28)29)4(3-31-13(8)25)32-16-20-2-1-5(18)21-16/h1-2,8,13,30H,3H2,(H2,19,23)(H,22,26)(H,28,29)(H2,18,20,21)/b24-7-/t8?,13-/m1/s1. The maximum Gasteiger partial charge on any atom is 0.353 e. The molecule has 2 atom stereocenters. The molecule has 2 aromatic heterocycles. The number of hydrogen-bond donors (Lipinski definition) is 5. The van der Waals surface area contributed by atoms with Crippen molar-refractivity contribution in [1.29, 1.82) is 0 Å². The summed E-state index contributed by atoms with van der Waals surface area (Å²) in [5.74, 6) is -2.44. The van der Waals surface area contributed by atoms with Crippen LogP contribution >= 0.6 is 46.5 Å². The Morgan fingerprint density at radius 3 is 2.73 bits per heavy atom. The number of carboxylic acid groups (broad SMARTS) is 1. The van der Waals surface area contributed by atoms with Crippen molar-refractivity contribution >= 4 is 80.9 Å². The molecule has 2 aliphatic heterocycles. The first-order chi connectivity index (χ1) is 15.7. The molecule has 33 heavy (non-hydrogen) atoms. The minimum Gasteiger partial charge on any atom is -0.477 e. The molecule has 17 heteroatoms. The molecule has 13 nitrogen and oxygen atoms in total. The molecule has 0 bridgehead atoms. The quantitative estimate of drug-likeness (QED) is 0.113. The molecule has 2 amide bonds. The number of amides is 2. The van der Waals surface area contributed by atoms with Crippen LogP contribution in [0.4, 0.5) is 10.9 Å². The fourth-order valence-corrected chi connectivity index (χ4v) is 6.39. The highest BCUT2D eigenvalue weighted by Crippen LogP contribution is 2.44. The van der Waals surface area contributed by atoms with Crippen molar-refractivity contribution in [3.05, 3.63) is 32.9 Å². The van der Waals surface area contributed by atoms with E-state index < -0.39 is 34.9 Å². The van der Waals surface area contributed by atoms with Gasteiger partial charge in [0, 0.05) is 16.9 Å². The molecule has 7 N–H and O–H groups in total. The normalized spacial score (nSPS) is 20.3. The lowest BCUT2D eigenvalue weighted by Crippen LogP contribution is -2.71. The van der Waals surface area contributed by atoms with Gasteiger partial charge >= 0.3 is 5.97 Å². The first-order valence-corrected chi connectivity index (χ1v) is 11.9. The third kappa shape index (κ3) is 4.29. The third-order valence-electron chi connectivity index (χ3n) is 4.43. The van der Waals surface area contributed by atoms with Gasteiger partial charge in [0.25, 0.3) is 11.8 Å². The van der Waals surface area contributed by atoms with E-state index in [9.17, 15) is 24.7 Å². The van der Waals surface area contributed by atoms with Gasteiger partial charge in [-0.1, -0.05) is 39.9 Å². The Labute approximate surface area is 202 Å². The summed E-state index contributed by atoms with van der Waals surface area (Å²) in [5.41, 5.74) is 10.3. The van der Waals surface area contributed by atoms with Gasteiger partial charge in [0.05, 0.1) is 0 Å². The molecule has 4 rings (SSSR count). The van der Waals surface area contributed by atoms with Crippen molar-refractivity contribution in [2.75, 3.05) is 17.2 Å². The minimum absolute atomic E-state index is 0.0329. The van der Waals surface area contributed by atoms with E-state index in [1.54, 1.807) is 0 Å². The number of aromatic nitrogens is 3. The van der Waals surface area contributed by atoms with Gasteiger partial charge in [0.15, 0.2) is 16.0 Å². The second-order valence-corrected chi connectivity index (χ2v) is 10.2. The number of nitrogens with one attached hydrogen (secondary N) is 1. The molecular weight excluding hydrogens is 516 g/mol. The summed E-state index contributed by atoms with van der Waals surface area (Å²) in [7, 11) is 0. The number of carbonyl (C=O) groups excluding carboxylic acids is 2. The van der Waals surface area contributed by atoms with Crippen LogP contribution < -0.4 is 16.8 Å². The van der Waals surface area contributed by atoms with Gasteiger partial charge < -0.3 is 27.1 Å². The van der Waals surface area contributed by atoms with Crippen LogP contribution in [-0.2, 0) is 14.4 Å². The SMILES string of the molecule is Nc1ccnc(SC2=C(C(=O)O)N3C(=O)C(NC(=O)/C(=N\O)c4nc(N)sc4Cl)[C@H]3SC2)n1. The lowest BCUT2D eigenvalue weighted by molar-refractivity contribution is -0.150. The fraction of sp³-hybridized carbons (Fsp3) is 0.188. The molecule has 0 aromatic carbocycles. The number of nitrogen functional groups attached to an aromatic ring is 2. The summed E-state index contributed by atoms with van der Waals surface area (Å²) in [4.78, 5) is 50.7. The lowest BCUT2D eigenvalue weighted by Gasteiger charge is -2.49. The highest BCUT2D eigenvalue weighted by atomic mass is 35.5. The predicted molar refractivity (Wildman–Crippen MR) is 122 cm³/mol. The Bertz CT molecular complexity index is 1230. The molecule has 0 saturated carbocycles. The highest BCUT2D eigenvalue weighted by molar-refractivity contribution is 8.06. The van der Waals surface area contributed by atoms with Crippen LogP contribution in [-0.4, -0.2) is 70.8 Å². The average Bonchev–Trinajstić information content (AvgIpc) is 3.09. The van der Waals surface area contributed by atoms with Crippen molar-refractivity contribution < 1.29 is 24.7 Å². The number of thioether (sulfide) groups is 2. The van der Waals surface area contributed by atoms with Crippen LogP contribution in [0, 0.1) is 0 Å². The van der Waals surface area contributed by atoms with Gasteiger partial charge in [-0.05, 0) is 6.07 Å². The van der Waals surface area contributed by atoms with Gasteiger partial charge in [-0.2, -0.15) is 0 Å². The van der Waals surface area contributed by atoms with Crippen molar-refractivity contribution in [3.8, 4) is 0 Å². The molecular formula is C16H13ClN8O5S3. The number of thiazole rings is 1. The number of aliphatic carboxylic acids is 1. The number of halogens is 1. The number of oxime groups is 1. The summed E-state index contributed by atoms with van der Waals surface area (Å²) in [6, 6.07) is 0.435. The zero-order valence-corrected chi connectivity index (χ0v) is 19.3. The summed E-state index contributed by atoms with van der Waals surface area (Å²) in [6.45, 7) is 0. The first kappa shape index (κ1) is 23.1. The van der Waals surface area contributed by atoms with Crippen LogP contribution in [0.25, 0.3) is 0 Å². The number of nitrogens with zero attached hydrogens (tertiary/aromatic N) is 5. The predicted octanol–water partition coefficient (Wildman–Crippen LogP) is 0.418. The Morgan fingerprint density at radius 2 is 2.12 bits per heavy atom. The minimum atomic E-state index is -1.31. The van der Waals surface area contributed by atoms with Crippen molar-refractivity contribution in [2.24, 2.45) is 5.16 Å². The lowest BCUT2D eigenvalue weighted by atomic mass is 10.0. The summed E-state index contributed by atoms with van der Waals surface area (Å²) in [6.07, 6.45) is 1.44. The number of fused-ring (bicyclic) bond motifs is 1. The zero-order chi connectivity index (χ0) is 23.9. The third-order valence-corrected chi connectivity index (χ3v) is 7.94. The van der Waals surface area contributed by atoms with E-state index in [2.05, 4.69) is 25.4 Å². The van der Waals surface area contributed by atoms with Crippen LogP contribution in [0.5, 0.6) is 0 Å². The fourth-order valence-electron chi connectivity index (χ4n) is 3.06. The molecule has 1 saturated heterocycles. The number of carboxylic acids is 1. The zero-order valence-electron chi connectivity index (χ0n) is 16.1. The second-order valence-electron chi connectivity index (χ2n) is 6.43. The molecule has 2 aliphatic rings. The molecule has 0 radical (unpaired) electrons. The van der Waals surface area contributed by atoms with Crippen LogP contribution in [0.2, 0.25) is 4.34 Å². The van der Waals surface area contributed by atoms with E-state index in [4.69, 9.17) is 23.1 Å². The largest absolute Gasteiger partial charge is 0.477 e. The van der Waals surface area contributed by atoms with Crippen molar-refractivity contribution in [1.82, 2.24) is 25.2 Å². The van der Waals surface area contributed by atoms with Gasteiger partial charge in [-0.25, -0.2) is 19.7 Å². The van der Waals surface area contributed by atoms with Crippen molar-refractivity contribution in [3.63, 3.8) is 0 Å². The monoisotopic (exact) mass is 528 g/mol. The van der Waals surface area contributed by atoms with Gasteiger partial charge in [0.2, 0.25) is 0 Å². The molecule has 2 aromatic rings. The Hall–Kier alpha value is -3.08. The first-order valence-electron chi connectivity index (χ1n) is 8.83. The number of anilines is 2. The summed E-state index contributed by atoms with van der Waals surface area (Å²) >= 11 is 9.08. The molecule has 4 heterocycles. The Kier molecular flexibility index (Phi) is 6.33. The molecule has 172 valence electrons. The summed E-state index contributed by atoms with van der Waals surface area (Å²) in [5, 5.41) is 24.0. The number of hydrogen-bond acceptors (Lipinski definition) is 13. The van der Waals surface area contributed by atoms with E-state index in [1.165, 1.54) is 24.0 Å². The molecule has 1 unspecified atom stereocenters. The number of nitrogens with two attached hydrogens (primary N) is 2. The maximum atomic E-state index is 12.8. The molecule has 0 aliphatic carbocycles. The van der Waals surface area contributed by atoms with Gasteiger partial charge in [-0.3, -0.25) is 14.5 Å². The topological polar surface area (TPSA) is 210 Å². The molecule has 1 fully saturated rings. The van der Waals surface area contributed by atoms with Crippen molar-refractivity contribution in [2.45, 2.75) is 16.6 Å². The van der Waals surface area contributed by atoms with Gasteiger partial charge in [0.1, 0.15) is 33.0 Å². The maximum absolute atomic E-state index is 12.8. The second kappa shape index (κ2) is 9.05. The molecule has 0 spiro atoms. The van der Waals surface area contributed by atoms with E-state index in [0.717, 1.165) is 28.0 Å². The average molecular weight is 529 g/mol. The van der Waals surface area contributed by atoms with E-state index >= 15 is 0 Å².